The molecule has 160 valence electrons. The summed E-state index contributed by atoms with van der Waals surface area (Å²) < 4.78 is 18.8. The molecule has 0 aromatic heterocycles. The van der Waals surface area contributed by atoms with Crippen molar-refractivity contribution >= 4 is 46.6 Å². The maximum absolute atomic E-state index is 13.7. The fourth-order valence-corrected chi connectivity index (χ4v) is 3.83. The number of hydrogen-bond donors (Lipinski definition) is 2. The minimum absolute atomic E-state index is 0.0233. The fourth-order valence-electron chi connectivity index (χ4n) is 2.71. The number of anilines is 2. The van der Waals surface area contributed by atoms with Crippen molar-refractivity contribution in [3.05, 3.63) is 83.1 Å². The van der Waals surface area contributed by atoms with Gasteiger partial charge in [-0.05, 0) is 61.5 Å². The van der Waals surface area contributed by atoms with Gasteiger partial charge in [0.25, 0.3) is 5.91 Å². The molecular weight excluding hydrogens is 439 g/mol. The summed E-state index contributed by atoms with van der Waals surface area (Å²) in [6.45, 7) is 1.79. The van der Waals surface area contributed by atoms with Crippen molar-refractivity contribution in [2.45, 2.75) is 17.1 Å². The molecule has 31 heavy (non-hydrogen) atoms. The molecule has 3 aromatic carbocycles. The highest BCUT2D eigenvalue weighted by atomic mass is 35.5. The number of ether oxygens (including phenoxy) is 1. The molecule has 8 heteroatoms. The van der Waals surface area contributed by atoms with Gasteiger partial charge < -0.3 is 15.4 Å². The minimum Gasteiger partial charge on any atom is -0.495 e. The first-order valence-corrected chi connectivity index (χ1v) is 10.6. The van der Waals surface area contributed by atoms with E-state index in [1.165, 1.54) is 37.1 Å². The van der Waals surface area contributed by atoms with Crippen molar-refractivity contribution in [2.24, 2.45) is 0 Å². The summed E-state index contributed by atoms with van der Waals surface area (Å²) in [5.41, 5.74) is 1.09. The number of nitrogens with one attached hydrogen (secondary N) is 2. The molecule has 2 N–H and O–H groups in total. The van der Waals surface area contributed by atoms with Gasteiger partial charge in [-0.2, -0.15) is 0 Å². The van der Waals surface area contributed by atoms with Crippen molar-refractivity contribution in [1.82, 2.24) is 0 Å². The molecular formula is C23H20ClFN2O3S. The number of amides is 2. The molecule has 0 radical (unpaired) electrons. The zero-order valence-corrected chi connectivity index (χ0v) is 18.4. The molecule has 3 aromatic rings. The Bertz CT molecular complexity index is 1090. The molecule has 0 aliphatic carbocycles. The second-order valence-corrected chi connectivity index (χ2v) is 8.38. The Kier molecular flexibility index (Phi) is 7.55. The van der Waals surface area contributed by atoms with E-state index >= 15 is 0 Å². The standard InChI is InChI=1S/C23H20ClFN2O3S/c1-14(22(28)27-16-9-12-21(30-2)19(24)13-16)31-17-10-7-15(8-11-17)26-23(29)18-5-3-4-6-20(18)25/h3-14H,1-2H3,(H,26,29)(H,27,28). The molecule has 5 nitrogen and oxygen atoms in total. The smallest absolute Gasteiger partial charge is 0.258 e. The number of benzene rings is 3. The van der Waals surface area contributed by atoms with Gasteiger partial charge in [0.15, 0.2) is 0 Å². The predicted molar refractivity (Wildman–Crippen MR) is 123 cm³/mol. The second-order valence-electron chi connectivity index (χ2n) is 6.56. The van der Waals surface area contributed by atoms with E-state index in [1.807, 2.05) is 0 Å². The summed E-state index contributed by atoms with van der Waals surface area (Å²) in [4.78, 5) is 25.5. The van der Waals surface area contributed by atoms with Crippen LogP contribution >= 0.6 is 23.4 Å². The van der Waals surface area contributed by atoms with Gasteiger partial charge in [0.05, 0.1) is 22.9 Å². The highest BCUT2D eigenvalue weighted by Crippen LogP contribution is 2.29. The largest absolute Gasteiger partial charge is 0.495 e. The van der Waals surface area contributed by atoms with E-state index in [0.29, 0.717) is 22.1 Å². The van der Waals surface area contributed by atoms with Crippen molar-refractivity contribution in [3.8, 4) is 5.75 Å². The molecule has 0 aliphatic rings. The second kappa shape index (κ2) is 10.3. The van der Waals surface area contributed by atoms with Crippen LogP contribution in [0, 0.1) is 5.82 Å². The Morgan fingerprint density at radius 3 is 2.32 bits per heavy atom. The zero-order chi connectivity index (χ0) is 22.4. The summed E-state index contributed by atoms with van der Waals surface area (Å²) in [7, 11) is 1.52. The van der Waals surface area contributed by atoms with Crippen molar-refractivity contribution in [1.29, 1.82) is 0 Å². The number of halogens is 2. The molecule has 1 atom stereocenters. The molecule has 0 saturated carbocycles. The molecule has 0 spiro atoms. The third-order valence-corrected chi connectivity index (χ3v) is 5.74. The average molecular weight is 459 g/mol. The molecule has 0 saturated heterocycles. The lowest BCUT2D eigenvalue weighted by Crippen LogP contribution is -2.22. The number of carbonyl (C=O) groups excluding carboxylic acids is 2. The van der Waals surface area contributed by atoms with E-state index in [1.54, 1.807) is 55.5 Å². The van der Waals surface area contributed by atoms with Crippen molar-refractivity contribution in [2.75, 3.05) is 17.7 Å². The summed E-state index contributed by atoms with van der Waals surface area (Å²) in [6, 6.07) is 17.8. The molecule has 2 amide bonds. The van der Waals surface area contributed by atoms with Crippen LogP contribution in [0.2, 0.25) is 5.02 Å². The van der Waals surface area contributed by atoms with Gasteiger partial charge in [0, 0.05) is 16.3 Å². The Morgan fingerprint density at radius 2 is 1.68 bits per heavy atom. The molecule has 0 fully saturated rings. The third-order valence-electron chi connectivity index (χ3n) is 4.33. The van der Waals surface area contributed by atoms with E-state index in [-0.39, 0.29) is 16.7 Å². The lowest BCUT2D eigenvalue weighted by atomic mass is 10.2. The average Bonchev–Trinajstić information content (AvgIpc) is 2.75. The zero-order valence-electron chi connectivity index (χ0n) is 16.8. The summed E-state index contributed by atoms with van der Waals surface area (Å²) in [6.07, 6.45) is 0. The van der Waals surface area contributed by atoms with Crippen LogP contribution in [-0.2, 0) is 4.79 Å². The highest BCUT2D eigenvalue weighted by Gasteiger charge is 2.16. The van der Waals surface area contributed by atoms with Gasteiger partial charge in [-0.25, -0.2) is 4.39 Å². The Balaban J connectivity index is 1.57. The van der Waals surface area contributed by atoms with Crippen LogP contribution in [0.4, 0.5) is 15.8 Å². The molecule has 0 heterocycles. The Hall–Kier alpha value is -3.03. The SMILES string of the molecule is COc1ccc(NC(=O)C(C)Sc2ccc(NC(=O)c3ccccc3F)cc2)cc1Cl. The van der Waals surface area contributed by atoms with Gasteiger partial charge in [0.1, 0.15) is 11.6 Å². The summed E-state index contributed by atoms with van der Waals surface area (Å²) >= 11 is 7.46. The Labute approximate surface area is 188 Å². The first kappa shape index (κ1) is 22.7. The van der Waals surface area contributed by atoms with Crippen LogP contribution in [0.25, 0.3) is 0 Å². The predicted octanol–water partition coefficient (Wildman–Crippen LogP) is 5.86. The quantitative estimate of drug-likeness (QED) is 0.435. The molecule has 0 bridgehead atoms. The van der Waals surface area contributed by atoms with E-state index < -0.39 is 11.7 Å². The fraction of sp³-hybridized carbons (Fsp3) is 0.130. The molecule has 1 unspecified atom stereocenters. The highest BCUT2D eigenvalue weighted by molar-refractivity contribution is 8.00. The van der Waals surface area contributed by atoms with Crippen LogP contribution in [0.5, 0.6) is 5.75 Å². The van der Waals surface area contributed by atoms with Crippen molar-refractivity contribution < 1.29 is 18.7 Å². The van der Waals surface area contributed by atoms with Crippen molar-refractivity contribution in [3.63, 3.8) is 0 Å². The normalized spacial score (nSPS) is 11.5. The lowest BCUT2D eigenvalue weighted by Gasteiger charge is -2.13. The third kappa shape index (κ3) is 5.99. The topological polar surface area (TPSA) is 67.4 Å². The van der Waals surface area contributed by atoms with Crippen LogP contribution in [0.1, 0.15) is 17.3 Å². The molecule has 0 aliphatic heterocycles. The summed E-state index contributed by atoms with van der Waals surface area (Å²) in [5.74, 6) is -0.748. The van der Waals surface area contributed by atoms with Crippen LogP contribution in [-0.4, -0.2) is 24.2 Å². The number of thioether (sulfide) groups is 1. The van der Waals surface area contributed by atoms with Gasteiger partial charge in [0.2, 0.25) is 5.91 Å². The maximum Gasteiger partial charge on any atom is 0.258 e. The number of carbonyl (C=O) groups is 2. The Morgan fingerprint density at radius 1 is 1.00 bits per heavy atom. The van der Waals surface area contributed by atoms with Gasteiger partial charge in [-0.15, -0.1) is 11.8 Å². The lowest BCUT2D eigenvalue weighted by molar-refractivity contribution is -0.115. The van der Waals surface area contributed by atoms with E-state index in [9.17, 15) is 14.0 Å². The van der Waals surface area contributed by atoms with Gasteiger partial charge >= 0.3 is 0 Å². The van der Waals surface area contributed by atoms with Crippen LogP contribution in [0.3, 0.4) is 0 Å². The van der Waals surface area contributed by atoms with E-state index in [4.69, 9.17) is 16.3 Å². The van der Waals surface area contributed by atoms with Crippen LogP contribution < -0.4 is 15.4 Å². The van der Waals surface area contributed by atoms with E-state index in [0.717, 1.165) is 4.90 Å². The minimum atomic E-state index is -0.579. The number of methoxy groups -OCH3 is 1. The van der Waals surface area contributed by atoms with Gasteiger partial charge in [-0.1, -0.05) is 23.7 Å². The number of rotatable bonds is 7. The van der Waals surface area contributed by atoms with Crippen LogP contribution in [0.15, 0.2) is 71.6 Å². The first-order chi connectivity index (χ1) is 14.9. The first-order valence-electron chi connectivity index (χ1n) is 9.34. The monoisotopic (exact) mass is 458 g/mol. The van der Waals surface area contributed by atoms with E-state index in [2.05, 4.69) is 10.6 Å². The number of hydrogen-bond acceptors (Lipinski definition) is 4. The molecule has 3 rings (SSSR count). The van der Waals surface area contributed by atoms with Gasteiger partial charge in [-0.3, -0.25) is 9.59 Å². The maximum atomic E-state index is 13.7. The summed E-state index contributed by atoms with van der Waals surface area (Å²) in [5, 5.41) is 5.52.